The standard InChI is InChI=1S/C20H24ClN5O/c1-15-5-7-17(8-6-15)13-26-19(21)18(16(2)24-26)20(27)23-9-3-4-11-25-12-10-22-14-25/h5-8,10,12,14H,3-4,9,11,13H2,1-2H3,(H,23,27). The quantitative estimate of drug-likeness (QED) is 0.602. The van der Waals surface area contributed by atoms with E-state index in [4.69, 9.17) is 11.6 Å². The Bertz CT molecular complexity index is 884. The summed E-state index contributed by atoms with van der Waals surface area (Å²) in [5.74, 6) is -0.171. The second-order valence-corrected chi connectivity index (χ2v) is 7.02. The highest BCUT2D eigenvalue weighted by molar-refractivity contribution is 6.33. The first-order valence-corrected chi connectivity index (χ1v) is 9.45. The van der Waals surface area contributed by atoms with Crippen LogP contribution in [-0.2, 0) is 13.1 Å². The summed E-state index contributed by atoms with van der Waals surface area (Å²) in [7, 11) is 0. The summed E-state index contributed by atoms with van der Waals surface area (Å²) >= 11 is 6.44. The molecule has 7 heteroatoms. The Morgan fingerprint density at radius 1 is 1.19 bits per heavy atom. The third-order valence-electron chi connectivity index (χ3n) is 4.43. The maximum atomic E-state index is 12.5. The molecule has 0 atom stereocenters. The van der Waals surface area contributed by atoms with Crippen molar-refractivity contribution < 1.29 is 4.79 Å². The van der Waals surface area contributed by atoms with Gasteiger partial charge >= 0.3 is 0 Å². The fourth-order valence-electron chi connectivity index (χ4n) is 2.91. The minimum absolute atomic E-state index is 0.171. The number of carbonyl (C=O) groups is 1. The van der Waals surface area contributed by atoms with Crippen LogP contribution in [0.2, 0.25) is 5.15 Å². The molecule has 3 aromatic rings. The number of nitrogens with one attached hydrogen (secondary N) is 1. The van der Waals surface area contributed by atoms with E-state index in [1.165, 1.54) is 5.56 Å². The normalized spacial score (nSPS) is 10.9. The van der Waals surface area contributed by atoms with Crippen molar-refractivity contribution in [3.63, 3.8) is 0 Å². The molecule has 0 aliphatic carbocycles. The molecule has 1 N–H and O–H groups in total. The van der Waals surface area contributed by atoms with Gasteiger partial charge in [-0.05, 0) is 32.3 Å². The van der Waals surface area contributed by atoms with Gasteiger partial charge in [0.25, 0.3) is 5.91 Å². The minimum Gasteiger partial charge on any atom is -0.352 e. The van der Waals surface area contributed by atoms with Crippen LogP contribution < -0.4 is 5.32 Å². The van der Waals surface area contributed by atoms with Crippen LogP contribution in [0, 0.1) is 13.8 Å². The molecule has 0 saturated carbocycles. The number of nitrogens with zero attached hydrogens (tertiary/aromatic N) is 4. The van der Waals surface area contributed by atoms with Crippen molar-refractivity contribution in [3.8, 4) is 0 Å². The SMILES string of the molecule is Cc1ccc(Cn2nc(C)c(C(=O)NCCCCn3ccnc3)c2Cl)cc1. The number of imidazole rings is 1. The molecule has 0 bridgehead atoms. The Balaban J connectivity index is 1.54. The predicted molar refractivity (Wildman–Crippen MR) is 106 cm³/mol. The zero-order chi connectivity index (χ0) is 19.2. The summed E-state index contributed by atoms with van der Waals surface area (Å²) in [6.45, 7) is 5.90. The third kappa shape index (κ3) is 4.98. The number of carbonyl (C=O) groups excluding carboxylic acids is 1. The molecule has 142 valence electrons. The molecular formula is C20H24ClN5O. The molecule has 0 aliphatic rings. The Hall–Kier alpha value is -2.60. The molecule has 0 radical (unpaired) electrons. The van der Waals surface area contributed by atoms with Crippen LogP contribution in [0.25, 0.3) is 0 Å². The van der Waals surface area contributed by atoms with Gasteiger partial charge in [-0.25, -0.2) is 9.67 Å². The molecule has 0 fully saturated rings. The van der Waals surface area contributed by atoms with Crippen LogP contribution in [0.15, 0.2) is 43.0 Å². The third-order valence-corrected chi connectivity index (χ3v) is 4.82. The van der Waals surface area contributed by atoms with Crippen LogP contribution in [0.4, 0.5) is 0 Å². The number of amides is 1. The molecule has 0 aliphatic heterocycles. The van der Waals surface area contributed by atoms with Crippen LogP contribution >= 0.6 is 11.6 Å². The fraction of sp³-hybridized carbons (Fsp3) is 0.350. The highest BCUT2D eigenvalue weighted by atomic mass is 35.5. The van der Waals surface area contributed by atoms with Crippen LogP contribution in [0.1, 0.15) is 40.0 Å². The van der Waals surface area contributed by atoms with Crippen molar-refractivity contribution in [2.45, 2.75) is 39.8 Å². The number of aryl methyl sites for hydroxylation is 3. The van der Waals surface area contributed by atoms with Gasteiger partial charge in [-0.2, -0.15) is 5.10 Å². The van der Waals surface area contributed by atoms with E-state index in [2.05, 4.69) is 27.5 Å². The van der Waals surface area contributed by atoms with Gasteiger partial charge in [0, 0.05) is 25.5 Å². The number of hydrogen-bond donors (Lipinski definition) is 1. The van der Waals surface area contributed by atoms with Gasteiger partial charge in [-0.3, -0.25) is 4.79 Å². The van der Waals surface area contributed by atoms with Gasteiger partial charge in [-0.15, -0.1) is 0 Å². The zero-order valence-corrected chi connectivity index (χ0v) is 16.4. The lowest BCUT2D eigenvalue weighted by Gasteiger charge is -2.06. The molecule has 0 saturated heterocycles. The highest BCUT2D eigenvalue weighted by Gasteiger charge is 2.20. The molecule has 1 amide bonds. The zero-order valence-electron chi connectivity index (χ0n) is 15.7. The molecule has 3 rings (SSSR count). The van der Waals surface area contributed by atoms with E-state index in [0.29, 0.717) is 29.5 Å². The monoisotopic (exact) mass is 385 g/mol. The molecule has 0 spiro atoms. The van der Waals surface area contributed by atoms with Gasteiger partial charge in [0.2, 0.25) is 0 Å². The van der Waals surface area contributed by atoms with E-state index in [0.717, 1.165) is 24.9 Å². The molecule has 6 nitrogen and oxygen atoms in total. The van der Waals surface area contributed by atoms with Gasteiger partial charge in [0.05, 0.1) is 24.1 Å². The van der Waals surface area contributed by atoms with Gasteiger partial charge in [0.1, 0.15) is 5.15 Å². The highest BCUT2D eigenvalue weighted by Crippen LogP contribution is 2.21. The lowest BCUT2D eigenvalue weighted by atomic mass is 10.1. The Kier molecular flexibility index (Phi) is 6.29. The number of benzene rings is 1. The van der Waals surface area contributed by atoms with E-state index < -0.39 is 0 Å². The second-order valence-electron chi connectivity index (χ2n) is 6.66. The summed E-state index contributed by atoms with van der Waals surface area (Å²) in [6, 6.07) is 8.19. The smallest absolute Gasteiger partial charge is 0.256 e. The molecule has 2 heterocycles. The van der Waals surface area contributed by atoms with E-state index in [-0.39, 0.29) is 5.91 Å². The molecule has 2 aromatic heterocycles. The largest absolute Gasteiger partial charge is 0.352 e. The summed E-state index contributed by atoms with van der Waals surface area (Å²) in [5.41, 5.74) is 3.40. The molecule has 1 aromatic carbocycles. The first-order valence-electron chi connectivity index (χ1n) is 9.07. The van der Waals surface area contributed by atoms with Gasteiger partial charge in [0.15, 0.2) is 0 Å². The van der Waals surface area contributed by atoms with Crippen molar-refractivity contribution in [1.29, 1.82) is 0 Å². The van der Waals surface area contributed by atoms with Gasteiger partial charge in [-0.1, -0.05) is 41.4 Å². The number of aromatic nitrogens is 4. The Morgan fingerprint density at radius 3 is 2.67 bits per heavy atom. The van der Waals surface area contributed by atoms with E-state index in [1.807, 2.05) is 36.7 Å². The summed E-state index contributed by atoms with van der Waals surface area (Å²) in [6.07, 6.45) is 7.35. The first-order chi connectivity index (χ1) is 13.0. The summed E-state index contributed by atoms with van der Waals surface area (Å²) < 4.78 is 3.70. The average molecular weight is 386 g/mol. The van der Waals surface area contributed by atoms with Crippen molar-refractivity contribution in [2.75, 3.05) is 6.54 Å². The minimum atomic E-state index is -0.171. The summed E-state index contributed by atoms with van der Waals surface area (Å²) in [5, 5.41) is 7.76. The molecular weight excluding hydrogens is 362 g/mol. The molecule has 0 unspecified atom stereocenters. The number of rotatable bonds is 8. The maximum Gasteiger partial charge on any atom is 0.256 e. The van der Waals surface area contributed by atoms with Crippen LogP contribution in [0.5, 0.6) is 0 Å². The van der Waals surface area contributed by atoms with Crippen LogP contribution in [0.3, 0.4) is 0 Å². The number of unbranched alkanes of at least 4 members (excludes halogenated alkanes) is 1. The lowest BCUT2D eigenvalue weighted by molar-refractivity contribution is 0.0952. The van der Waals surface area contributed by atoms with Crippen molar-refractivity contribution >= 4 is 17.5 Å². The van der Waals surface area contributed by atoms with E-state index in [1.54, 1.807) is 17.2 Å². The lowest BCUT2D eigenvalue weighted by Crippen LogP contribution is -2.25. The predicted octanol–water partition coefficient (Wildman–Crippen LogP) is 3.61. The summed E-state index contributed by atoms with van der Waals surface area (Å²) in [4.78, 5) is 16.5. The van der Waals surface area contributed by atoms with Crippen molar-refractivity contribution in [2.24, 2.45) is 0 Å². The second kappa shape index (κ2) is 8.86. The Morgan fingerprint density at radius 2 is 1.96 bits per heavy atom. The fourth-order valence-corrected chi connectivity index (χ4v) is 3.23. The number of hydrogen-bond acceptors (Lipinski definition) is 3. The van der Waals surface area contributed by atoms with Crippen molar-refractivity contribution in [3.05, 3.63) is 70.5 Å². The Labute approximate surface area is 164 Å². The topological polar surface area (TPSA) is 64.7 Å². The number of halogens is 1. The molecule has 27 heavy (non-hydrogen) atoms. The average Bonchev–Trinajstić information content (AvgIpc) is 3.25. The van der Waals surface area contributed by atoms with Crippen molar-refractivity contribution in [1.82, 2.24) is 24.6 Å². The van der Waals surface area contributed by atoms with E-state index >= 15 is 0 Å². The van der Waals surface area contributed by atoms with Gasteiger partial charge < -0.3 is 9.88 Å². The van der Waals surface area contributed by atoms with E-state index in [9.17, 15) is 4.79 Å². The maximum absolute atomic E-state index is 12.5. The first kappa shape index (κ1) is 19.2. The van der Waals surface area contributed by atoms with Crippen LogP contribution in [-0.4, -0.2) is 31.8 Å².